The monoisotopic (exact) mass is 393 g/mol. The van der Waals surface area contributed by atoms with Gasteiger partial charge in [0.05, 0.1) is 7.45 Å². The molecule has 7 unspecified atom stereocenters. The first-order valence-electron chi connectivity index (χ1n) is 14.8. The van der Waals surface area contributed by atoms with Crippen LogP contribution in [0, 0.1) is 52.3 Å². The molecule has 0 aromatic carbocycles. The molecule has 9 atom stereocenters. The highest BCUT2D eigenvalue weighted by atomic mass is 16.3. The molecule has 28 heavy (non-hydrogen) atoms. The predicted molar refractivity (Wildman–Crippen MR) is 119 cm³/mol. The van der Waals surface area contributed by atoms with E-state index in [-0.39, 0.29) is 6.42 Å². The Labute approximate surface area is 182 Å². The summed E-state index contributed by atoms with van der Waals surface area (Å²) in [6, 6.07) is 0. The second-order valence-corrected chi connectivity index (χ2v) is 11.9. The minimum absolute atomic E-state index is 0.101. The Morgan fingerprint density at radius 3 is 2.46 bits per heavy atom. The third-order valence-corrected chi connectivity index (χ3v) is 10.0. The molecule has 0 spiro atoms. The van der Waals surface area contributed by atoms with Gasteiger partial charge < -0.3 is 5.11 Å². The van der Waals surface area contributed by atoms with Crippen molar-refractivity contribution in [1.29, 1.82) is 0 Å². The Morgan fingerprint density at radius 1 is 0.964 bits per heavy atom. The van der Waals surface area contributed by atoms with Crippen molar-refractivity contribution in [3.05, 3.63) is 0 Å². The van der Waals surface area contributed by atoms with Gasteiger partial charge in [0.15, 0.2) is 0 Å². The summed E-state index contributed by atoms with van der Waals surface area (Å²) in [5.74, 6) is 3.32. The first-order chi connectivity index (χ1) is 15.1. The Morgan fingerprint density at radius 2 is 1.71 bits per heavy atom. The smallest absolute Gasteiger partial charge is 0.0600 e. The van der Waals surface area contributed by atoms with E-state index in [4.69, 9.17) is 6.85 Å². The summed E-state index contributed by atoms with van der Waals surface area (Å²) >= 11 is 0. The van der Waals surface area contributed by atoms with E-state index < -0.39 is 30.2 Å². The van der Waals surface area contributed by atoms with Gasteiger partial charge in [0, 0.05) is 5.48 Å². The maximum Gasteiger partial charge on any atom is 0.0600 e. The van der Waals surface area contributed by atoms with E-state index >= 15 is 0 Å². The zero-order valence-electron chi connectivity index (χ0n) is 24.1. The molecule has 1 N–H and O–H groups in total. The quantitative estimate of drug-likeness (QED) is 0.513. The van der Waals surface area contributed by atoms with Gasteiger partial charge in [-0.2, -0.15) is 0 Å². The molecule has 4 aliphatic carbocycles. The van der Waals surface area contributed by atoms with Gasteiger partial charge in [-0.1, -0.05) is 53.9 Å². The molecule has 1 heteroatoms. The Kier molecular flexibility index (Phi) is 4.43. The van der Waals surface area contributed by atoms with Crippen molar-refractivity contribution in [1.82, 2.24) is 0 Å². The second kappa shape index (κ2) is 7.90. The predicted octanol–water partition coefficient (Wildman–Crippen LogP) is 7.47. The average Bonchev–Trinajstić information content (AvgIpc) is 3.03. The minimum Gasteiger partial charge on any atom is -0.393 e. The van der Waals surface area contributed by atoms with Crippen molar-refractivity contribution in [2.75, 3.05) is 0 Å². The van der Waals surface area contributed by atoms with Crippen LogP contribution in [0.25, 0.3) is 0 Å². The summed E-state index contributed by atoms with van der Waals surface area (Å²) in [6.45, 7) is 11.7. The molecule has 1 nitrogen and oxygen atoms in total. The van der Waals surface area contributed by atoms with Crippen LogP contribution in [0.15, 0.2) is 0 Å². The number of hydrogen-bond acceptors (Lipinski definition) is 1. The molecule has 4 fully saturated rings. The van der Waals surface area contributed by atoms with Crippen LogP contribution in [0.5, 0.6) is 0 Å². The van der Waals surface area contributed by atoms with Gasteiger partial charge in [-0.05, 0) is 110 Å². The van der Waals surface area contributed by atoms with Gasteiger partial charge in [0.1, 0.15) is 0 Å². The van der Waals surface area contributed by atoms with Gasteiger partial charge in [0.2, 0.25) is 0 Å². The number of aliphatic hydroxyl groups is 1. The highest BCUT2D eigenvalue weighted by Gasteiger charge is 2.60. The molecule has 0 heterocycles. The SMILES string of the molecule is [2H]C1([2H])CC2(C)C3CCC4(C)C(C(C)CCCC(C)C)CCC4C3CC[C@@H]2C([2H])([2H])[C@@]1([2H])O. The molecule has 0 saturated heterocycles. The van der Waals surface area contributed by atoms with Crippen LogP contribution in [0.3, 0.4) is 0 Å². The zero-order valence-corrected chi connectivity index (χ0v) is 19.1. The number of fused-ring (bicyclic) bond motifs is 5. The first-order valence-corrected chi connectivity index (χ1v) is 12.3. The molecule has 0 amide bonds. The molecular formula is C27H48O. The standard InChI is InChI=1S/C27H48O/c1-18(2)7-6-8-19(3)23-11-12-24-22-10-9-20-17-21(28)13-15-26(20,4)25(22)14-16-27(23,24)5/h18-25,28H,6-17H2,1-5H3/t19?,20-,21+,22?,23?,24?,25?,26?,27?/m1/s1/i13D2,17D2,21D. The van der Waals surface area contributed by atoms with Crippen molar-refractivity contribution in [2.45, 2.75) is 118 Å². The highest BCUT2D eigenvalue weighted by molar-refractivity contribution is 5.09. The molecule has 0 aliphatic heterocycles. The minimum atomic E-state index is -2.69. The summed E-state index contributed by atoms with van der Waals surface area (Å²) < 4.78 is 42.7. The third kappa shape index (κ3) is 3.50. The van der Waals surface area contributed by atoms with Crippen LogP contribution in [-0.4, -0.2) is 11.2 Å². The van der Waals surface area contributed by atoms with Crippen LogP contribution in [0.2, 0.25) is 0 Å². The molecule has 4 aliphatic rings. The van der Waals surface area contributed by atoms with Gasteiger partial charge in [-0.15, -0.1) is 0 Å². The average molecular weight is 394 g/mol. The summed E-state index contributed by atoms with van der Waals surface area (Å²) in [5, 5.41) is 10.7. The van der Waals surface area contributed by atoms with E-state index in [0.29, 0.717) is 29.6 Å². The van der Waals surface area contributed by atoms with Crippen LogP contribution < -0.4 is 0 Å². The highest BCUT2D eigenvalue weighted by Crippen LogP contribution is 2.68. The Balaban J connectivity index is 1.56. The van der Waals surface area contributed by atoms with E-state index in [1.165, 1.54) is 32.1 Å². The Hall–Kier alpha value is -0.0400. The summed E-state index contributed by atoms with van der Waals surface area (Å²) in [7, 11) is 0. The fourth-order valence-electron chi connectivity index (χ4n) is 8.46. The second-order valence-electron chi connectivity index (χ2n) is 11.9. The molecule has 4 saturated carbocycles. The van der Waals surface area contributed by atoms with E-state index in [2.05, 4.69) is 34.6 Å². The molecule has 0 radical (unpaired) electrons. The van der Waals surface area contributed by atoms with Crippen LogP contribution >= 0.6 is 0 Å². The van der Waals surface area contributed by atoms with Crippen LogP contribution in [-0.2, 0) is 0 Å². The van der Waals surface area contributed by atoms with Crippen molar-refractivity contribution in [3.8, 4) is 0 Å². The number of hydrogen-bond donors (Lipinski definition) is 1. The van der Waals surface area contributed by atoms with Crippen molar-refractivity contribution < 1.29 is 12.0 Å². The maximum atomic E-state index is 10.7. The third-order valence-electron chi connectivity index (χ3n) is 10.0. The summed E-state index contributed by atoms with van der Waals surface area (Å²) in [6.07, 6.45) is 3.31. The van der Waals surface area contributed by atoms with E-state index in [1.54, 1.807) is 0 Å². The summed E-state index contributed by atoms with van der Waals surface area (Å²) in [5.41, 5.74) is -0.143. The lowest BCUT2D eigenvalue weighted by molar-refractivity contribution is -0.129. The first kappa shape index (κ1) is 15.7. The van der Waals surface area contributed by atoms with Crippen molar-refractivity contribution >= 4 is 0 Å². The molecule has 0 aromatic heterocycles. The lowest BCUT2D eigenvalue weighted by Crippen LogP contribution is -2.54. The lowest BCUT2D eigenvalue weighted by atomic mass is 9.44. The van der Waals surface area contributed by atoms with E-state index in [0.717, 1.165) is 37.0 Å². The van der Waals surface area contributed by atoms with Gasteiger partial charge in [0.25, 0.3) is 0 Å². The topological polar surface area (TPSA) is 20.2 Å². The number of rotatable bonds is 5. The zero-order chi connectivity index (χ0) is 24.6. The van der Waals surface area contributed by atoms with Crippen molar-refractivity contribution in [2.24, 2.45) is 52.3 Å². The van der Waals surface area contributed by atoms with Gasteiger partial charge in [-0.25, -0.2) is 0 Å². The molecule has 0 bridgehead atoms. The molecular weight excluding hydrogens is 340 g/mol. The van der Waals surface area contributed by atoms with E-state index in [1.807, 2.05) is 0 Å². The normalized spacial score (nSPS) is 58.2. The van der Waals surface area contributed by atoms with E-state index in [9.17, 15) is 5.11 Å². The maximum absolute atomic E-state index is 10.7. The fraction of sp³-hybridized carbons (Fsp3) is 1.00. The Bertz CT molecular complexity index is 736. The van der Waals surface area contributed by atoms with Crippen LogP contribution in [0.4, 0.5) is 0 Å². The molecule has 162 valence electrons. The fourth-order valence-corrected chi connectivity index (χ4v) is 8.46. The van der Waals surface area contributed by atoms with Crippen LogP contribution in [0.1, 0.15) is 118 Å². The lowest BCUT2D eigenvalue weighted by Gasteiger charge is -2.61. The molecule has 0 aromatic rings. The van der Waals surface area contributed by atoms with Gasteiger partial charge >= 0.3 is 0 Å². The molecule has 4 rings (SSSR count). The van der Waals surface area contributed by atoms with Gasteiger partial charge in [-0.3, -0.25) is 0 Å². The largest absolute Gasteiger partial charge is 0.393 e. The van der Waals surface area contributed by atoms with Crippen molar-refractivity contribution in [3.63, 3.8) is 0 Å². The summed E-state index contributed by atoms with van der Waals surface area (Å²) in [4.78, 5) is 0.